The number of halogens is 3. The maximum atomic E-state index is 13.3. The molecular weight excluding hydrogens is 291 g/mol. The minimum absolute atomic E-state index is 0.112. The van der Waals surface area contributed by atoms with Gasteiger partial charge in [0.15, 0.2) is 17.5 Å². The Labute approximate surface area is 104 Å². The summed E-state index contributed by atoms with van der Waals surface area (Å²) in [5.74, 6) is -5.11. The van der Waals surface area contributed by atoms with Crippen molar-refractivity contribution in [2.45, 2.75) is 4.90 Å². The van der Waals surface area contributed by atoms with Crippen LogP contribution in [0.2, 0.25) is 0 Å². The number of sulfonamides is 1. The second-order valence-corrected chi connectivity index (χ2v) is 5.46. The second-order valence-electron chi connectivity index (χ2n) is 3.03. The summed E-state index contributed by atoms with van der Waals surface area (Å²) in [6, 6.07) is 1.14. The zero-order valence-electron chi connectivity index (χ0n) is 8.39. The van der Waals surface area contributed by atoms with Gasteiger partial charge in [-0.3, -0.25) is 4.72 Å². The monoisotopic (exact) mass is 295 g/mol. The number of nitrogens with zero attached hydrogens (tertiary/aromatic N) is 2. The maximum absolute atomic E-state index is 13.3. The third-order valence-electron chi connectivity index (χ3n) is 1.87. The highest BCUT2D eigenvalue weighted by atomic mass is 32.2. The third kappa shape index (κ3) is 2.29. The molecule has 0 amide bonds. The topological polar surface area (TPSA) is 72.0 Å². The summed E-state index contributed by atoms with van der Waals surface area (Å²) in [4.78, 5) is 2.52. The number of aromatic nitrogens is 2. The first-order valence-electron chi connectivity index (χ1n) is 4.35. The van der Waals surface area contributed by atoms with Gasteiger partial charge in [-0.2, -0.15) is 4.37 Å². The molecule has 0 aliphatic heterocycles. The van der Waals surface area contributed by atoms with Crippen LogP contribution in [0.4, 0.5) is 18.3 Å². The number of hydrogen-bond donors (Lipinski definition) is 1. The number of hydrogen-bond acceptors (Lipinski definition) is 5. The summed E-state index contributed by atoms with van der Waals surface area (Å²) in [7, 11) is -4.38. The van der Waals surface area contributed by atoms with E-state index in [2.05, 4.69) is 9.36 Å². The first kappa shape index (κ1) is 12.8. The van der Waals surface area contributed by atoms with Gasteiger partial charge in [0.05, 0.1) is 0 Å². The fourth-order valence-electron chi connectivity index (χ4n) is 1.10. The Kier molecular flexibility index (Phi) is 3.22. The molecule has 0 unspecified atom stereocenters. The quantitative estimate of drug-likeness (QED) is 0.876. The van der Waals surface area contributed by atoms with E-state index in [1.165, 1.54) is 0 Å². The fourth-order valence-corrected chi connectivity index (χ4v) is 2.84. The van der Waals surface area contributed by atoms with Gasteiger partial charge in [-0.1, -0.05) is 0 Å². The molecule has 96 valence electrons. The lowest BCUT2D eigenvalue weighted by Gasteiger charge is -2.06. The third-order valence-corrected chi connectivity index (χ3v) is 3.94. The maximum Gasteiger partial charge on any atom is 0.266 e. The van der Waals surface area contributed by atoms with Crippen LogP contribution in [-0.2, 0) is 10.0 Å². The van der Waals surface area contributed by atoms with Crippen molar-refractivity contribution >= 4 is 26.7 Å². The number of nitrogens with one attached hydrogen (secondary N) is 1. The van der Waals surface area contributed by atoms with E-state index in [1.807, 2.05) is 4.72 Å². The molecule has 1 heterocycles. The Hall–Kier alpha value is -1.68. The summed E-state index contributed by atoms with van der Waals surface area (Å²) >= 11 is 0.716. The lowest BCUT2D eigenvalue weighted by molar-refractivity contribution is 0.432. The van der Waals surface area contributed by atoms with Gasteiger partial charge in [0.1, 0.15) is 11.2 Å². The van der Waals surface area contributed by atoms with Crippen molar-refractivity contribution in [3.63, 3.8) is 0 Å². The molecule has 0 bridgehead atoms. The van der Waals surface area contributed by atoms with Gasteiger partial charge in [-0.25, -0.2) is 26.6 Å². The molecule has 0 aliphatic rings. The van der Waals surface area contributed by atoms with E-state index in [0.717, 1.165) is 6.33 Å². The van der Waals surface area contributed by atoms with Crippen LogP contribution in [0.25, 0.3) is 0 Å². The number of benzene rings is 1. The lowest BCUT2D eigenvalue weighted by Crippen LogP contribution is -2.15. The zero-order valence-corrected chi connectivity index (χ0v) is 10.0. The highest BCUT2D eigenvalue weighted by molar-refractivity contribution is 7.93. The van der Waals surface area contributed by atoms with Crippen LogP contribution in [0.3, 0.4) is 0 Å². The zero-order chi connectivity index (χ0) is 13.3. The molecular formula is C8H4F3N3O2S2. The van der Waals surface area contributed by atoms with Crippen LogP contribution in [0, 0.1) is 17.5 Å². The normalized spacial score (nSPS) is 11.5. The van der Waals surface area contributed by atoms with E-state index in [9.17, 15) is 21.6 Å². The van der Waals surface area contributed by atoms with Crippen molar-refractivity contribution in [2.75, 3.05) is 4.72 Å². The largest absolute Gasteiger partial charge is 0.266 e. The van der Waals surface area contributed by atoms with E-state index < -0.39 is 32.4 Å². The predicted octanol–water partition coefficient (Wildman–Crippen LogP) is 1.76. The molecule has 0 fully saturated rings. The van der Waals surface area contributed by atoms with Crippen molar-refractivity contribution in [2.24, 2.45) is 0 Å². The molecule has 5 nitrogen and oxygen atoms in total. The molecule has 10 heteroatoms. The van der Waals surface area contributed by atoms with Crippen molar-refractivity contribution in [1.29, 1.82) is 0 Å². The average molecular weight is 295 g/mol. The van der Waals surface area contributed by atoms with Crippen LogP contribution in [0.5, 0.6) is 0 Å². The Morgan fingerprint density at radius 1 is 1.17 bits per heavy atom. The molecule has 18 heavy (non-hydrogen) atoms. The molecule has 1 N–H and O–H groups in total. The van der Waals surface area contributed by atoms with Crippen molar-refractivity contribution < 1.29 is 21.6 Å². The van der Waals surface area contributed by atoms with Gasteiger partial charge < -0.3 is 0 Å². The molecule has 1 aromatic heterocycles. The van der Waals surface area contributed by atoms with E-state index >= 15 is 0 Å². The minimum Gasteiger partial charge on any atom is -0.253 e. The molecule has 0 spiro atoms. The molecule has 0 saturated carbocycles. The van der Waals surface area contributed by atoms with E-state index in [1.54, 1.807) is 0 Å². The summed E-state index contributed by atoms with van der Waals surface area (Å²) in [5, 5.41) is -0.112. The highest BCUT2D eigenvalue weighted by Gasteiger charge is 2.24. The van der Waals surface area contributed by atoms with E-state index in [-0.39, 0.29) is 5.13 Å². The summed E-state index contributed by atoms with van der Waals surface area (Å²) in [5.41, 5.74) is 0. The first-order chi connectivity index (χ1) is 8.42. The van der Waals surface area contributed by atoms with Crippen molar-refractivity contribution in [3.05, 3.63) is 35.9 Å². The van der Waals surface area contributed by atoms with Gasteiger partial charge >= 0.3 is 0 Å². The Balaban J connectivity index is 2.45. The van der Waals surface area contributed by atoms with Gasteiger partial charge in [0, 0.05) is 11.5 Å². The first-order valence-corrected chi connectivity index (χ1v) is 6.60. The second kappa shape index (κ2) is 4.53. The van der Waals surface area contributed by atoms with Crippen molar-refractivity contribution in [3.8, 4) is 0 Å². The predicted molar refractivity (Wildman–Crippen MR) is 57.0 cm³/mol. The van der Waals surface area contributed by atoms with Crippen LogP contribution >= 0.6 is 11.5 Å². The Bertz CT molecular complexity index is 673. The van der Waals surface area contributed by atoms with E-state index in [4.69, 9.17) is 0 Å². The van der Waals surface area contributed by atoms with Crippen LogP contribution in [-0.4, -0.2) is 17.8 Å². The summed E-state index contributed by atoms with van der Waals surface area (Å²) in [6.45, 7) is 0. The van der Waals surface area contributed by atoms with Crippen LogP contribution in [0.15, 0.2) is 23.4 Å². The molecule has 2 rings (SSSR count). The Morgan fingerprint density at radius 2 is 1.89 bits per heavy atom. The van der Waals surface area contributed by atoms with E-state index in [0.29, 0.717) is 23.7 Å². The van der Waals surface area contributed by atoms with Crippen molar-refractivity contribution in [1.82, 2.24) is 9.36 Å². The van der Waals surface area contributed by atoms with Crippen LogP contribution in [0.1, 0.15) is 0 Å². The van der Waals surface area contributed by atoms with Gasteiger partial charge in [-0.05, 0) is 12.1 Å². The molecule has 0 aliphatic carbocycles. The van der Waals surface area contributed by atoms with Gasteiger partial charge in [0.2, 0.25) is 5.13 Å². The summed E-state index contributed by atoms with van der Waals surface area (Å²) < 4.78 is 67.7. The average Bonchev–Trinajstić information content (AvgIpc) is 2.77. The molecule has 2 aromatic rings. The van der Waals surface area contributed by atoms with Gasteiger partial charge in [0.25, 0.3) is 10.0 Å². The lowest BCUT2D eigenvalue weighted by atomic mass is 10.3. The molecule has 1 aromatic carbocycles. The number of anilines is 1. The Morgan fingerprint density at radius 3 is 2.50 bits per heavy atom. The standard InChI is InChI=1S/C8H4F3N3O2S2/c9-4-1-2-5(7(11)6(4)10)18(15,16)14-8-12-3-13-17-8/h1-3H,(H,12,13,14). The summed E-state index contributed by atoms with van der Waals surface area (Å²) in [6.07, 6.45) is 1.09. The van der Waals surface area contributed by atoms with Gasteiger partial charge in [-0.15, -0.1) is 0 Å². The molecule has 0 saturated heterocycles. The van der Waals surface area contributed by atoms with Crippen LogP contribution < -0.4 is 4.72 Å². The fraction of sp³-hybridized carbons (Fsp3) is 0. The molecule has 0 radical (unpaired) electrons. The minimum atomic E-state index is -4.38. The number of rotatable bonds is 3. The highest BCUT2D eigenvalue weighted by Crippen LogP contribution is 2.22. The SMILES string of the molecule is O=S(=O)(Nc1ncns1)c1ccc(F)c(F)c1F. The smallest absolute Gasteiger partial charge is 0.253 e. The molecule has 0 atom stereocenters.